The molecule has 0 unspecified atom stereocenters. The summed E-state index contributed by atoms with van der Waals surface area (Å²) in [7, 11) is -2.41. The smallest absolute Gasteiger partial charge is 0.349 e. The van der Waals surface area contributed by atoms with Crippen LogP contribution in [0.3, 0.4) is 0 Å². The summed E-state index contributed by atoms with van der Waals surface area (Å²) in [5.74, 6) is -0.704. The molecule has 1 aliphatic rings. The van der Waals surface area contributed by atoms with Crippen LogP contribution in [-0.4, -0.2) is 56.4 Å². The van der Waals surface area contributed by atoms with Gasteiger partial charge >= 0.3 is 5.97 Å². The number of rotatable bonds is 7. The molecule has 0 bridgehead atoms. The number of benzene rings is 2. The first-order chi connectivity index (χ1) is 16.0. The van der Waals surface area contributed by atoms with E-state index in [1.165, 1.54) is 13.2 Å². The number of β-amino-alcohol motifs (C(OH)–C–C–N with tert-alkyl or cyclic N) is 1. The maximum atomic E-state index is 12.1. The van der Waals surface area contributed by atoms with Crippen molar-refractivity contribution in [2.45, 2.75) is 23.0 Å². The summed E-state index contributed by atoms with van der Waals surface area (Å²) in [4.78, 5) is 14.8. The van der Waals surface area contributed by atoms with Crippen LogP contribution in [0.5, 0.6) is 0 Å². The Morgan fingerprint density at radius 3 is 2.03 bits per heavy atom. The van der Waals surface area contributed by atoms with E-state index in [0.717, 1.165) is 28.7 Å². The number of sulfone groups is 1. The number of carbonyl (C=O) groups excluding carboxylic acids is 1. The number of hydrogen-bond donors (Lipinski definition) is 1. The summed E-state index contributed by atoms with van der Waals surface area (Å²) in [6, 6.07) is 16.5. The fourth-order valence-corrected chi connectivity index (χ4v) is 7.04. The molecule has 1 N–H and O–H groups in total. The van der Waals surface area contributed by atoms with Crippen LogP contribution < -0.4 is 0 Å². The third kappa shape index (κ3) is 5.32. The van der Waals surface area contributed by atoms with E-state index >= 15 is 0 Å². The number of thiophene rings is 1. The summed E-state index contributed by atoms with van der Waals surface area (Å²) in [5, 5.41) is 12.5. The van der Waals surface area contributed by atoms with Gasteiger partial charge in [0, 0.05) is 40.7 Å². The summed E-state index contributed by atoms with van der Waals surface area (Å²) in [6.45, 7) is 0.727. The van der Waals surface area contributed by atoms with Crippen molar-refractivity contribution < 1.29 is 23.1 Å². The Bertz CT molecular complexity index is 1250. The molecule has 0 saturated carbocycles. The Balaban J connectivity index is 1.58. The van der Waals surface area contributed by atoms with Gasteiger partial charge < -0.3 is 9.84 Å². The van der Waals surface area contributed by atoms with E-state index in [4.69, 9.17) is 27.9 Å². The molecular formula is C24H23Cl2NO5S2. The number of ether oxygens (including phenoxy) is 1. The number of carbonyl (C=O) groups is 1. The molecule has 1 saturated heterocycles. The van der Waals surface area contributed by atoms with Gasteiger partial charge in [0.1, 0.15) is 4.88 Å². The van der Waals surface area contributed by atoms with Gasteiger partial charge in [-0.05, 0) is 41.5 Å². The van der Waals surface area contributed by atoms with Crippen LogP contribution in [0.2, 0.25) is 10.0 Å². The molecule has 0 atom stereocenters. The van der Waals surface area contributed by atoms with Crippen LogP contribution in [0.1, 0.15) is 31.7 Å². The average Bonchev–Trinajstić information content (AvgIpc) is 3.19. The number of halogens is 2. The van der Waals surface area contributed by atoms with E-state index in [1.807, 2.05) is 48.5 Å². The third-order valence-corrected chi connectivity index (χ3v) is 8.62. The molecular weight excluding hydrogens is 517 g/mol. The number of likely N-dealkylation sites (tertiary alicyclic amines) is 1. The van der Waals surface area contributed by atoms with Crippen LogP contribution in [0.4, 0.5) is 0 Å². The normalized spacial score (nSPS) is 15.8. The molecule has 0 spiro atoms. The topological polar surface area (TPSA) is 83.9 Å². The fourth-order valence-electron chi connectivity index (χ4n) is 4.25. The highest BCUT2D eigenvalue weighted by molar-refractivity contribution is 7.91. The maximum absolute atomic E-state index is 12.1. The lowest BCUT2D eigenvalue weighted by Crippen LogP contribution is -2.63. The lowest BCUT2D eigenvalue weighted by molar-refractivity contribution is -0.109. The molecule has 180 valence electrons. The van der Waals surface area contributed by atoms with Gasteiger partial charge in [-0.25, -0.2) is 13.2 Å². The summed E-state index contributed by atoms with van der Waals surface area (Å²) in [6.07, 6.45) is 1.27. The largest absolute Gasteiger partial charge is 0.465 e. The Kier molecular flexibility index (Phi) is 7.11. The van der Waals surface area contributed by atoms with Crippen LogP contribution in [0.25, 0.3) is 0 Å². The first-order valence-corrected chi connectivity index (χ1v) is 13.8. The maximum Gasteiger partial charge on any atom is 0.349 e. The van der Waals surface area contributed by atoms with E-state index in [2.05, 4.69) is 4.90 Å². The Morgan fingerprint density at radius 2 is 1.59 bits per heavy atom. The molecule has 1 fully saturated rings. The highest BCUT2D eigenvalue weighted by Crippen LogP contribution is 2.39. The van der Waals surface area contributed by atoms with Gasteiger partial charge in [0.15, 0.2) is 9.84 Å². The van der Waals surface area contributed by atoms with Crippen molar-refractivity contribution in [2.24, 2.45) is 0 Å². The quantitative estimate of drug-likeness (QED) is 0.441. The van der Waals surface area contributed by atoms with E-state index < -0.39 is 21.4 Å². The summed E-state index contributed by atoms with van der Waals surface area (Å²) in [5.41, 5.74) is 0.985. The second-order valence-electron chi connectivity index (χ2n) is 8.48. The highest BCUT2D eigenvalue weighted by Gasteiger charge is 2.45. The van der Waals surface area contributed by atoms with Crippen LogP contribution in [0, 0.1) is 0 Å². The van der Waals surface area contributed by atoms with Crippen LogP contribution >= 0.6 is 34.5 Å². The van der Waals surface area contributed by atoms with Crippen molar-refractivity contribution >= 4 is 50.3 Å². The van der Waals surface area contributed by atoms with E-state index in [9.17, 15) is 18.3 Å². The molecule has 34 heavy (non-hydrogen) atoms. The molecule has 10 heteroatoms. The van der Waals surface area contributed by atoms with Gasteiger partial charge in [-0.2, -0.15) is 0 Å². The van der Waals surface area contributed by atoms with Crippen molar-refractivity contribution in [3.63, 3.8) is 0 Å². The Morgan fingerprint density at radius 1 is 1.09 bits per heavy atom. The monoisotopic (exact) mass is 539 g/mol. The zero-order valence-corrected chi connectivity index (χ0v) is 21.6. The van der Waals surface area contributed by atoms with Crippen molar-refractivity contribution in [1.29, 1.82) is 0 Å². The Labute approximate surface area is 212 Å². The number of methoxy groups -OCH3 is 1. The second-order valence-corrected chi connectivity index (χ2v) is 12.5. The molecule has 0 aliphatic carbocycles. The Hall–Kier alpha value is -1.94. The molecule has 2 heterocycles. The predicted molar refractivity (Wildman–Crippen MR) is 134 cm³/mol. The van der Waals surface area contributed by atoms with Gasteiger partial charge in [-0.1, -0.05) is 47.5 Å². The second kappa shape index (κ2) is 9.60. The lowest BCUT2D eigenvalue weighted by Gasteiger charge is -2.50. The van der Waals surface area contributed by atoms with Crippen molar-refractivity contribution in [3.8, 4) is 0 Å². The van der Waals surface area contributed by atoms with Crippen molar-refractivity contribution in [3.05, 3.63) is 85.5 Å². The van der Waals surface area contributed by atoms with Crippen molar-refractivity contribution in [2.75, 3.05) is 26.5 Å². The fraction of sp³-hybridized carbons (Fsp3) is 0.292. The lowest BCUT2D eigenvalue weighted by atomic mass is 9.85. The van der Waals surface area contributed by atoms with Gasteiger partial charge in [0.25, 0.3) is 0 Å². The first kappa shape index (κ1) is 25.2. The van der Waals surface area contributed by atoms with Gasteiger partial charge in [0.2, 0.25) is 0 Å². The molecule has 1 aromatic heterocycles. The molecule has 0 amide bonds. The molecule has 4 rings (SSSR count). The molecule has 3 aromatic rings. The zero-order valence-electron chi connectivity index (χ0n) is 18.5. The highest BCUT2D eigenvalue weighted by atomic mass is 35.5. The first-order valence-electron chi connectivity index (χ1n) is 10.4. The minimum atomic E-state index is -3.62. The van der Waals surface area contributed by atoms with E-state index in [-0.39, 0.29) is 22.2 Å². The zero-order chi connectivity index (χ0) is 24.7. The van der Waals surface area contributed by atoms with Crippen molar-refractivity contribution in [1.82, 2.24) is 4.90 Å². The van der Waals surface area contributed by atoms with Gasteiger partial charge in [-0.15, -0.1) is 11.3 Å². The molecule has 6 nitrogen and oxygen atoms in total. The standard InChI is InChI=1S/C24H23Cl2NO5S2/c1-32-23(28)22-20(34(2,30)31)11-19(33-22)12-24(29)13-27(14-24)21(15-3-7-17(25)8-4-15)16-5-9-18(26)10-6-16/h3-11,21,29H,12-14H2,1-2H3. The van der Waals surface area contributed by atoms with E-state index in [0.29, 0.717) is 28.0 Å². The minimum absolute atomic E-state index is 0.0278. The van der Waals surface area contributed by atoms with Gasteiger partial charge in [-0.3, -0.25) is 4.90 Å². The van der Waals surface area contributed by atoms with E-state index in [1.54, 1.807) is 0 Å². The number of hydrogen-bond acceptors (Lipinski definition) is 7. The number of aliphatic hydroxyl groups is 1. The average molecular weight is 540 g/mol. The summed E-state index contributed by atoms with van der Waals surface area (Å²) >= 11 is 13.2. The molecule has 2 aromatic carbocycles. The third-order valence-electron chi connectivity index (χ3n) is 5.75. The number of esters is 1. The molecule has 0 radical (unpaired) electrons. The van der Waals surface area contributed by atoms with Crippen LogP contribution in [0.15, 0.2) is 59.5 Å². The number of nitrogens with zero attached hydrogens (tertiary/aromatic N) is 1. The molecule has 1 aliphatic heterocycles. The van der Waals surface area contributed by atoms with Crippen LogP contribution in [-0.2, 0) is 21.0 Å². The predicted octanol–water partition coefficient (Wildman–Crippen LogP) is 4.62. The summed E-state index contributed by atoms with van der Waals surface area (Å²) < 4.78 is 29.0. The minimum Gasteiger partial charge on any atom is -0.465 e. The SMILES string of the molecule is COC(=O)c1sc(CC2(O)CN(C(c3ccc(Cl)cc3)c3ccc(Cl)cc3)C2)cc1S(C)(=O)=O. The van der Waals surface area contributed by atoms with Gasteiger partial charge in [0.05, 0.1) is 23.6 Å².